The highest BCUT2D eigenvalue weighted by atomic mass is 35.5. The van der Waals surface area contributed by atoms with E-state index in [0.29, 0.717) is 24.8 Å². The molecule has 0 N–H and O–H groups in total. The number of rotatable bonds is 3. The number of anilines is 1. The average molecular weight is 399 g/mol. The molecule has 0 amide bonds. The van der Waals surface area contributed by atoms with E-state index in [2.05, 4.69) is 22.0 Å². The molecule has 3 heterocycles. The predicted octanol–water partition coefficient (Wildman–Crippen LogP) is 3.23. The van der Waals surface area contributed by atoms with Crippen molar-refractivity contribution in [3.63, 3.8) is 0 Å². The Bertz CT molecular complexity index is 963. The summed E-state index contributed by atoms with van der Waals surface area (Å²) in [5.41, 5.74) is 2.61. The highest BCUT2D eigenvalue weighted by Gasteiger charge is 2.23. The molecule has 0 aliphatic carbocycles. The third-order valence-corrected chi connectivity index (χ3v) is 4.82. The Morgan fingerprint density at radius 1 is 1.11 bits per heavy atom. The summed E-state index contributed by atoms with van der Waals surface area (Å²) in [6.07, 6.45) is 4.26. The zero-order valence-corrected chi connectivity index (χ0v) is 16.5. The number of ether oxygens (including phenoxy) is 1. The summed E-state index contributed by atoms with van der Waals surface area (Å²) in [7, 11) is 1.77. The Morgan fingerprint density at radius 2 is 1.86 bits per heavy atom. The number of nitrogens with zero attached hydrogens (tertiary/aromatic N) is 4. The molecule has 0 radical (unpaired) electrons. The Morgan fingerprint density at radius 3 is 2.61 bits per heavy atom. The third kappa shape index (κ3) is 4.24. The van der Waals surface area contributed by atoms with Crippen molar-refractivity contribution in [2.45, 2.75) is 12.5 Å². The maximum Gasteiger partial charge on any atom is 0.255 e. The lowest BCUT2D eigenvalue weighted by Gasteiger charge is -2.26. The fourth-order valence-electron chi connectivity index (χ4n) is 3.36. The van der Waals surface area contributed by atoms with Crippen LogP contribution < -0.4 is 10.5 Å². The molecule has 7 heteroatoms. The quantitative estimate of drug-likeness (QED) is 0.677. The van der Waals surface area contributed by atoms with Gasteiger partial charge < -0.3 is 9.64 Å². The van der Waals surface area contributed by atoms with Crippen molar-refractivity contribution < 1.29 is 4.74 Å². The van der Waals surface area contributed by atoms with Crippen LogP contribution in [0.3, 0.4) is 0 Å². The van der Waals surface area contributed by atoms with Crippen LogP contribution in [0.2, 0.25) is 0 Å². The van der Waals surface area contributed by atoms with Gasteiger partial charge in [-0.15, -0.1) is 12.4 Å². The minimum Gasteiger partial charge on any atom is -0.372 e. The van der Waals surface area contributed by atoms with Crippen molar-refractivity contribution in [3.05, 3.63) is 76.8 Å². The molecular formula is C21H23ClN4O2. The van der Waals surface area contributed by atoms with E-state index in [9.17, 15) is 4.79 Å². The molecule has 2 aromatic heterocycles. The summed E-state index contributed by atoms with van der Waals surface area (Å²) in [5, 5.41) is 0. The number of benzene rings is 1. The lowest BCUT2D eigenvalue weighted by molar-refractivity contribution is 0.0685. The van der Waals surface area contributed by atoms with Crippen molar-refractivity contribution >= 4 is 18.4 Å². The minimum atomic E-state index is -0.0757. The molecule has 1 aliphatic heterocycles. The molecule has 4 rings (SSSR count). The van der Waals surface area contributed by atoms with Gasteiger partial charge in [0.1, 0.15) is 6.10 Å². The van der Waals surface area contributed by atoms with E-state index in [1.807, 2.05) is 30.3 Å². The second-order valence-corrected chi connectivity index (χ2v) is 6.64. The summed E-state index contributed by atoms with van der Waals surface area (Å²) in [6, 6.07) is 15.5. The Labute approximate surface area is 170 Å². The second-order valence-electron chi connectivity index (χ2n) is 6.64. The topological polar surface area (TPSA) is 60.2 Å². The Balaban J connectivity index is 0.00000225. The molecule has 3 aromatic rings. The normalized spacial score (nSPS) is 16.9. The van der Waals surface area contributed by atoms with Crippen LogP contribution in [0.4, 0.5) is 5.95 Å². The van der Waals surface area contributed by atoms with Gasteiger partial charge in [-0.25, -0.2) is 4.98 Å². The van der Waals surface area contributed by atoms with Gasteiger partial charge >= 0.3 is 0 Å². The van der Waals surface area contributed by atoms with Crippen molar-refractivity contribution in [1.29, 1.82) is 0 Å². The predicted molar refractivity (Wildman–Crippen MR) is 112 cm³/mol. The van der Waals surface area contributed by atoms with Gasteiger partial charge in [-0.3, -0.25) is 14.3 Å². The fraction of sp³-hybridized carbons (Fsp3) is 0.286. The Hall–Kier alpha value is -2.70. The number of halogens is 1. The van der Waals surface area contributed by atoms with Gasteiger partial charge in [0.15, 0.2) is 0 Å². The van der Waals surface area contributed by atoms with Gasteiger partial charge in [-0.05, 0) is 24.1 Å². The number of hydrogen-bond donors (Lipinski definition) is 0. The summed E-state index contributed by atoms with van der Waals surface area (Å²) < 4.78 is 7.67. The van der Waals surface area contributed by atoms with Crippen LogP contribution in [-0.2, 0) is 11.8 Å². The first-order chi connectivity index (χ1) is 13.2. The van der Waals surface area contributed by atoms with E-state index in [-0.39, 0.29) is 24.1 Å². The number of pyridine rings is 1. The first kappa shape index (κ1) is 20.0. The average Bonchev–Trinajstić information content (AvgIpc) is 2.97. The largest absolute Gasteiger partial charge is 0.372 e. The smallest absolute Gasteiger partial charge is 0.255 e. The van der Waals surface area contributed by atoms with Crippen molar-refractivity contribution in [2.24, 2.45) is 7.05 Å². The summed E-state index contributed by atoms with van der Waals surface area (Å²) in [5.74, 6) is 0.667. The summed E-state index contributed by atoms with van der Waals surface area (Å²) in [4.78, 5) is 23.6. The van der Waals surface area contributed by atoms with E-state index < -0.39 is 0 Å². The van der Waals surface area contributed by atoms with E-state index >= 15 is 0 Å². The van der Waals surface area contributed by atoms with Gasteiger partial charge in [0.25, 0.3) is 5.56 Å². The summed E-state index contributed by atoms with van der Waals surface area (Å²) >= 11 is 0. The van der Waals surface area contributed by atoms with Crippen LogP contribution in [0.5, 0.6) is 0 Å². The van der Waals surface area contributed by atoms with E-state index in [1.165, 1.54) is 0 Å². The lowest BCUT2D eigenvalue weighted by atomic mass is 10.1. The molecule has 1 aromatic carbocycles. The molecule has 0 saturated carbocycles. The molecular weight excluding hydrogens is 376 g/mol. The number of aromatic nitrogens is 3. The minimum absolute atomic E-state index is 0. The zero-order valence-electron chi connectivity index (χ0n) is 15.7. The van der Waals surface area contributed by atoms with Gasteiger partial charge in [0.05, 0.1) is 12.2 Å². The molecule has 28 heavy (non-hydrogen) atoms. The van der Waals surface area contributed by atoms with E-state index in [4.69, 9.17) is 9.72 Å². The molecule has 6 nitrogen and oxygen atoms in total. The van der Waals surface area contributed by atoms with Crippen LogP contribution in [0.25, 0.3) is 11.3 Å². The molecule has 1 saturated heterocycles. The monoisotopic (exact) mass is 398 g/mol. The third-order valence-electron chi connectivity index (χ3n) is 4.82. The van der Waals surface area contributed by atoms with Gasteiger partial charge in [0, 0.05) is 44.2 Å². The van der Waals surface area contributed by atoms with Crippen LogP contribution in [0.1, 0.15) is 18.1 Å². The van der Waals surface area contributed by atoms with Gasteiger partial charge in [-0.1, -0.05) is 30.3 Å². The SMILES string of the molecule is Cl.Cn1c(N2CCCOC(c3ccccc3)C2)nc(-c2ccncc2)cc1=O. The van der Waals surface area contributed by atoms with Crippen LogP contribution >= 0.6 is 12.4 Å². The first-order valence-electron chi connectivity index (χ1n) is 9.12. The van der Waals surface area contributed by atoms with Gasteiger partial charge in [-0.2, -0.15) is 0 Å². The lowest BCUT2D eigenvalue weighted by Crippen LogP contribution is -2.34. The first-order valence-corrected chi connectivity index (χ1v) is 9.12. The van der Waals surface area contributed by atoms with Crippen molar-refractivity contribution in [3.8, 4) is 11.3 Å². The second kappa shape index (κ2) is 8.99. The standard InChI is InChI=1S/C21H22N4O2.ClH/c1-24-20(26)14-18(16-8-10-22-11-9-16)23-21(24)25-12-5-13-27-19(15-25)17-6-3-2-4-7-17;/h2-4,6-11,14,19H,5,12-13,15H2,1H3;1H. The molecule has 1 unspecified atom stereocenters. The molecule has 0 spiro atoms. The van der Waals surface area contributed by atoms with E-state index in [1.54, 1.807) is 30.1 Å². The Kier molecular flexibility index (Phi) is 6.44. The zero-order chi connectivity index (χ0) is 18.6. The fourth-order valence-corrected chi connectivity index (χ4v) is 3.36. The molecule has 1 aliphatic rings. The van der Waals surface area contributed by atoms with E-state index in [0.717, 1.165) is 24.1 Å². The highest BCUT2D eigenvalue weighted by molar-refractivity contribution is 5.85. The number of hydrogen-bond acceptors (Lipinski definition) is 5. The van der Waals surface area contributed by atoms with Crippen LogP contribution in [0.15, 0.2) is 65.7 Å². The molecule has 1 atom stereocenters. The van der Waals surface area contributed by atoms with Crippen LogP contribution in [0, 0.1) is 0 Å². The molecule has 1 fully saturated rings. The maximum atomic E-state index is 12.6. The molecule has 0 bridgehead atoms. The van der Waals surface area contributed by atoms with Crippen LogP contribution in [-0.4, -0.2) is 34.2 Å². The highest BCUT2D eigenvalue weighted by Crippen LogP contribution is 2.25. The molecule has 146 valence electrons. The maximum absolute atomic E-state index is 12.6. The van der Waals surface area contributed by atoms with Crippen molar-refractivity contribution in [1.82, 2.24) is 14.5 Å². The van der Waals surface area contributed by atoms with Crippen molar-refractivity contribution in [2.75, 3.05) is 24.6 Å². The summed E-state index contributed by atoms with van der Waals surface area (Å²) in [6.45, 7) is 2.14. The van der Waals surface area contributed by atoms with Gasteiger partial charge in [0.2, 0.25) is 5.95 Å².